The SMILES string of the molecule is Cc1cccc([N+](=O)[O-])c1NC(=O)COC(=O)[C@@H]1COc2ccc(Cl)cc2C1. The van der Waals surface area contributed by atoms with E-state index < -0.39 is 29.3 Å². The van der Waals surface area contributed by atoms with E-state index in [0.29, 0.717) is 22.8 Å². The molecule has 0 radical (unpaired) electrons. The third-order valence-electron chi connectivity index (χ3n) is 4.32. The van der Waals surface area contributed by atoms with Gasteiger partial charge in [-0.3, -0.25) is 19.7 Å². The molecule has 9 heteroatoms. The molecule has 1 atom stereocenters. The number of hydrogen-bond acceptors (Lipinski definition) is 6. The van der Waals surface area contributed by atoms with Crippen LogP contribution in [0.15, 0.2) is 36.4 Å². The van der Waals surface area contributed by atoms with Crippen molar-refractivity contribution in [3.05, 3.63) is 62.7 Å². The Hall–Kier alpha value is -3.13. The number of carbonyl (C=O) groups excluding carboxylic acids is 2. The molecule has 0 aromatic heterocycles. The molecule has 0 saturated carbocycles. The summed E-state index contributed by atoms with van der Waals surface area (Å²) in [6.07, 6.45) is 0.389. The van der Waals surface area contributed by atoms with Crippen LogP contribution in [0.5, 0.6) is 5.75 Å². The Labute approximate surface area is 165 Å². The van der Waals surface area contributed by atoms with Gasteiger partial charge in [-0.2, -0.15) is 0 Å². The predicted molar refractivity (Wildman–Crippen MR) is 102 cm³/mol. The Morgan fingerprint density at radius 1 is 1.36 bits per heavy atom. The lowest BCUT2D eigenvalue weighted by molar-refractivity contribution is -0.384. The number of nitro benzene ring substituents is 1. The van der Waals surface area contributed by atoms with Crippen LogP contribution >= 0.6 is 11.6 Å². The highest BCUT2D eigenvalue weighted by atomic mass is 35.5. The van der Waals surface area contributed by atoms with Gasteiger partial charge in [0, 0.05) is 11.1 Å². The molecule has 1 N–H and O–H groups in total. The molecule has 0 unspecified atom stereocenters. The van der Waals surface area contributed by atoms with E-state index in [-0.39, 0.29) is 18.0 Å². The van der Waals surface area contributed by atoms with Crippen LogP contribution in [0.2, 0.25) is 5.02 Å². The number of halogens is 1. The van der Waals surface area contributed by atoms with Crippen molar-refractivity contribution in [2.75, 3.05) is 18.5 Å². The second-order valence-corrected chi connectivity index (χ2v) is 6.78. The summed E-state index contributed by atoms with van der Waals surface area (Å²) in [4.78, 5) is 34.9. The maximum atomic E-state index is 12.3. The minimum atomic E-state index is -0.661. The maximum absolute atomic E-state index is 12.3. The first-order valence-electron chi connectivity index (χ1n) is 8.47. The second kappa shape index (κ2) is 8.26. The summed E-state index contributed by atoms with van der Waals surface area (Å²) in [6, 6.07) is 9.61. The Bertz CT molecular complexity index is 946. The normalized spacial score (nSPS) is 15.1. The molecule has 8 nitrogen and oxygen atoms in total. The van der Waals surface area contributed by atoms with E-state index in [0.717, 1.165) is 5.56 Å². The lowest BCUT2D eigenvalue weighted by Gasteiger charge is -2.24. The number of nitrogens with one attached hydrogen (secondary N) is 1. The summed E-state index contributed by atoms with van der Waals surface area (Å²) in [7, 11) is 0. The van der Waals surface area contributed by atoms with Gasteiger partial charge in [-0.1, -0.05) is 23.7 Å². The number of carbonyl (C=O) groups is 2. The van der Waals surface area contributed by atoms with E-state index in [9.17, 15) is 19.7 Å². The van der Waals surface area contributed by atoms with Gasteiger partial charge in [-0.05, 0) is 42.7 Å². The van der Waals surface area contributed by atoms with E-state index in [1.807, 2.05) is 0 Å². The Kier molecular flexibility index (Phi) is 5.79. The van der Waals surface area contributed by atoms with Crippen molar-refractivity contribution in [1.82, 2.24) is 0 Å². The molecule has 1 aliphatic heterocycles. The van der Waals surface area contributed by atoms with Crippen molar-refractivity contribution >= 4 is 34.9 Å². The zero-order chi connectivity index (χ0) is 20.3. The number of para-hydroxylation sites is 1. The first kappa shape index (κ1) is 19.6. The zero-order valence-electron chi connectivity index (χ0n) is 14.9. The summed E-state index contributed by atoms with van der Waals surface area (Å²) in [5.41, 5.74) is 1.18. The molecule has 0 spiro atoms. The summed E-state index contributed by atoms with van der Waals surface area (Å²) in [5.74, 6) is -1.14. The molecule has 2 aromatic carbocycles. The molecule has 1 heterocycles. The van der Waals surface area contributed by atoms with Crippen LogP contribution in [-0.2, 0) is 20.7 Å². The zero-order valence-corrected chi connectivity index (χ0v) is 15.7. The monoisotopic (exact) mass is 404 g/mol. The molecule has 0 bridgehead atoms. The molecule has 0 aliphatic carbocycles. The van der Waals surface area contributed by atoms with Gasteiger partial charge in [0.2, 0.25) is 0 Å². The minimum Gasteiger partial charge on any atom is -0.492 e. The third-order valence-corrected chi connectivity index (χ3v) is 4.55. The number of ether oxygens (including phenoxy) is 2. The fourth-order valence-corrected chi connectivity index (χ4v) is 3.11. The second-order valence-electron chi connectivity index (χ2n) is 6.35. The predicted octanol–water partition coefficient (Wildman–Crippen LogP) is 3.29. The Balaban J connectivity index is 1.58. The number of hydrogen-bond donors (Lipinski definition) is 1. The highest BCUT2D eigenvalue weighted by Crippen LogP contribution is 2.30. The van der Waals surface area contributed by atoms with Gasteiger partial charge in [-0.15, -0.1) is 0 Å². The average Bonchev–Trinajstić information content (AvgIpc) is 2.66. The van der Waals surface area contributed by atoms with E-state index in [1.165, 1.54) is 12.1 Å². The van der Waals surface area contributed by atoms with Crippen molar-refractivity contribution in [3.63, 3.8) is 0 Å². The molecule has 0 saturated heterocycles. The topological polar surface area (TPSA) is 108 Å². The van der Waals surface area contributed by atoms with Crippen LogP contribution in [0.25, 0.3) is 0 Å². The smallest absolute Gasteiger partial charge is 0.313 e. The summed E-state index contributed by atoms with van der Waals surface area (Å²) in [5, 5.41) is 14.1. The van der Waals surface area contributed by atoms with Gasteiger partial charge in [0.1, 0.15) is 18.0 Å². The molecule has 2 aromatic rings. The largest absolute Gasteiger partial charge is 0.492 e. The number of amides is 1. The number of nitro groups is 1. The van der Waals surface area contributed by atoms with Crippen LogP contribution in [-0.4, -0.2) is 30.0 Å². The highest BCUT2D eigenvalue weighted by Gasteiger charge is 2.28. The maximum Gasteiger partial charge on any atom is 0.313 e. The van der Waals surface area contributed by atoms with Crippen LogP contribution in [0.1, 0.15) is 11.1 Å². The summed E-state index contributed by atoms with van der Waals surface area (Å²) < 4.78 is 10.6. The van der Waals surface area contributed by atoms with E-state index in [4.69, 9.17) is 21.1 Å². The minimum absolute atomic E-state index is 0.0816. The number of nitrogens with zero attached hydrogens (tertiary/aromatic N) is 1. The van der Waals surface area contributed by atoms with Gasteiger partial charge in [0.15, 0.2) is 6.61 Å². The van der Waals surface area contributed by atoms with Crippen molar-refractivity contribution in [2.24, 2.45) is 5.92 Å². The summed E-state index contributed by atoms with van der Waals surface area (Å²) >= 11 is 5.96. The lowest BCUT2D eigenvalue weighted by Crippen LogP contribution is -2.32. The molecule has 1 amide bonds. The van der Waals surface area contributed by atoms with Gasteiger partial charge in [-0.25, -0.2) is 0 Å². The van der Waals surface area contributed by atoms with E-state index in [1.54, 1.807) is 31.2 Å². The first-order valence-corrected chi connectivity index (χ1v) is 8.84. The fraction of sp³-hybridized carbons (Fsp3) is 0.263. The standard InChI is InChI=1S/C19H17ClN2O6/c1-11-3-2-4-15(22(25)26)18(11)21-17(23)10-28-19(24)13-7-12-8-14(20)5-6-16(12)27-9-13/h2-6,8,13H,7,9-10H2,1H3,(H,21,23)/t13-/m0/s1. The van der Waals surface area contributed by atoms with Crippen molar-refractivity contribution in [1.29, 1.82) is 0 Å². The van der Waals surface area contributed by atoms with Crippen molar-refractivity contribution < 1.29 is 24.0 Å². The van der Waals surface area contributed by atoms with Gasteiger partial charge >= 0.3 is 5.97 Å². The summed E-state index contributed by atoms with van der Waals surface area (Å²) in [6.45, 7) is 1.22. The van der Waals surface area contributed by atoms with Crippen LogP contribution in [0.4, 0.5) is 11.4 Å². The van der Waals surface area contributed by atoms with E-state index in [2.05, 4.69) is 5.32 Å². The Morgan fingerprint density at radius 2 is 2.14 bits per heavy atom. The van der Waals surface area contributed by atoms with Crippen LogP contribution in [0, 0.1) is 23.0 Å². The number of anilines is 1. The van der Waals surface area contributed by atoms with Gasteiger partial charge in [0.05, 0.1) is 10.8 Å². The molecule has 28 heavy (non-hydrogen) atoms. The number of rotatable bonds is 5. The van der Waals surface area contributed by atoms with Gasteiger partial charge in [0.25, 0.3) is 11.6 Å². The number of benzene rings is 2. The van der Waals surface area contributed by atoms with Crippen molar-refractivity contribution in [3.8, 4) is 5.75 Å². The molecule has 0 fully saturated rings. The molecule has 146 valence electrons. The number of esters is 1. The highest BCUT2D eigenvalue weighted by molar-refractivity contribution is 6.30. The molecule has 3 rings (SSSR count). The molecular weight excluding hydrogens is 388 g/mol. The quantitative estimate of drug-likeness (QED) is 0.465. The fourth-order valence-electron chi connectivity index (χ4n) is 2.91. The van der Waals surface area contributed by atoms with Crippen molar-refractivity contribution in [2.45, 2.75) is 13.3 Å². The van der Waals surface area contributed by atoms with Crippen LogP contribution in [0.3, 0.4) is 0 Å². The average molecular weight is 405 g/mol. The third kappa shape index (κ3) is 4.40. The van der Waals surface area contributed by atoms with Crippen LogP contribution < -0.4 is 10.1 Å². The number of aryl methyl sites for hydroxylation is 1. The Morgan fingerprint density at radius 3 is 2.89 bits per heavy atom. The number of fused-ring (bicyclic) bond motifs is 1. The van der Waals surface area contributed by atoms with E-state index >= 15 is 0 Å². The first-order chi connectivity index (χ1) is 13.3. The molecular formula is C19H17ClN2O6. The lowest BCUT2D eigenvalue weighted by atomic mass is 9.97. The molecule has 1 aliphatic rings. The van der Waals surface area contributed by atoms with Gasteiger partial charge < -0.3 is 14.8 Å².